The summed E-state index contributed by atoms with van der Waals surface area (Å²) in [6, 6.07) is 1.10. The van der Waals surface area contributed by atoms with Crippen molar-refractivity contribution in [2.24, 2.45) is 0 Å². The molecule has 0 aliphatic carbocycles. The number of thiophene rings is 1. The molecular formula is C11H15NO6S2. The highest BCUT2D eigenvalue weighted by Crippen LogP contribution is 2.22. The van der Waals surface area contributed by atoms with Crippen LogP contribution >= 0.6 is 11.3 Å². The Bertz CT molecular complexity index is 592. The van der Waals surface area contributed by atoms with E-state index in [0.29, 0.717) is 0 Å². The number of hydrogen-bond acceptors (Lipinski definition) is 6. The SMILES string of the molecule is CCOC(=O)CCN(C)S(=O)(=O)c1csc(C(=O)O)c1. The van der Waals surface area contributed by atoms with E-state index in [-0.39, 0.29) is 29.3 Å². The maximum absolute atomic E-state index is 12.1. The van der Waals surface area contributed by atoms with Crippen molar-refractivity contribution >= 4 is 33.3 Å². The first-order chi connectivity index (χ1) is 9.28. The van der Waals surface area contributed by atoms with Gasteiger partial charge in [-0.2, -0.15) is 0 Å². The molecule has 0 unspecified atom stereocenters. The van der Waals surface area contributed by atoms with Crippen LogP contribution in [0.15, 0.2) is 16.3 Å². The normalized spacial score (nSPS) is 11.6. The largest absolute Gasteiger partial charge is 0.477 e. The summed E-state index contributed by atoms with van der Waals surface area (Å²) in [5.41, 5.74) is 0. The monoisotopic (exact) mass is 321 g/mol. The first kappa shape index (κ1) is 16.6. The van der Waals surface area contributed by atoms with Gasteiger partial charge >= 0.3 is 11.9 Å². The Hall–Kier alpha value is -1.45. The number of aromatic carboxylic acids is 1. The topological polar surface area (TPSA) is 101 Å². The average Bonchev–Trinajstić information content (AvgIpc) is 2.86. The Labute approximate surface area is 120 Å². The van der Waals surface area contributed by atoms with Crippen molar-refractivity contribution in [3.05, 3.63) is 16.3 Å². The molecule has 9 heteroatoms. The summed E-state index contributed by atoms with van der Waals surface area (Å²) >= 11 is 0.837. The van der Waals surface area contributed by atoms with Gasteiger partial charge in [-0.3, -0.25) is 4.79 Å². The molecular weight excluding hydrogens is 306 g/mol. The number of carbonyl (C=O) groups excluding carboxylic acids is 1. The molecule has 0 fully saturated rings. The van der Waals surface area contributed by atoms with Gasteiger partial charge in [0.15, 0.2) is 0 Å². The number of sulfonamides is 1. The Morgan fingerprint density at radius 1 is 1.45 bits per heavy atom. The highest BCUT2D eigenvalue weighted by Gasteiger charge is 2.24. The van der Waals surface area contributed by atoms with Crippen LogP contribution in [0.1, 0.15) is 23.0 Å². The lowest BCUT2D eigenvalue weighted by Gasteiger charge is -2.15. The number of hydrogen-bond donors (Lipinski definition) is 1. The molecule has 0 saturated carbocycles. The van der Waals surface area contributed by atoms with Gasteiger partial charge in [0.25, 0.3) is 0 Å². The molecule has 0 aliphatic rings. The summed E-state index contributed by atoms with van der Waals surface area (Å²) < 4.78 is 30.0. The first-order valence-corrected chi connectivity index (χ1v) is 8.04. The minimum atomic E-state index is -3.79. The maximum Gasteiger partial charge on any atom is 0.345 e. The zero-order valence-electron chi connectivity index (χ0n) is 11.0. The fourth-order valence-electron chi connectivity index (χ4n) is 1.35. The van der Waals surface area contributed by atoms with Crippen LogP contribution < -0.4 is 0 Å². The van der Waals surface area contributed by atoms with Gasteiger partial charge in [-0.05, 0) is 13.0 Å². The molecule has 112 valence electrons. The van der Waals surface area contributed by atoms with Crippen LogP contribution in [0.3, 0.4) is 0 Å². The minimum Gasteiger partial charge on any atom is -0.477 e. The molecule has 0 spiro atoms. The zero-order chi connectivity index (χ0) is 15.3. The van der Waals surface area contributed by atoms with Gasteiger partial charge in [0, 0.05) is 19.0 Å². The van der Waals surface area contributed by atoms with Crippen LogP contribution in [0, 0.1) is 0 Å². The number of carboxylic acid groups (broad SMARTS) is 1. The van der Waals surface area contributed by atoms with Crippen molar-refractivity contribution in [3.8, 4) is 0 Å². The average molecular weight is 321 g/mol. The van der Waals surface area contributed by atoms with Crippen LogP contribution in [0.2, 0.25) is 0 Å². The van der Waals surface area contributed by atoms with E-state index in [1.165, 1.54) is 12.4 Å². The molecule has 0 amide bonds. The van der Waals surface area contributed by atoms with E-state index in [2.05, 4.69) is 0 Å². The molecule has 7 nitrogen and oxygen atoms in total. The Morgan fingerprint density at radius 3 is 2.60 bits per heavy atom. The van der Waals surface area contributed by atoms with E-state index < -0.39 is 22.0 Å². The quantitative estimate of drug-likeness (QED) is 0.752. The molecule has 1 rings (SSSR count). The van der Waals surface area contributed by atoms with E-state index in [1.54, 1.807) is 6.92 Å². The minimum absolute atomic E-state index is 0.0284. The van der Waals surface area contributed by atoms with Gasteiger partial charge in [-0.15, -0.1) is 11.3 Å². The van der Waals surface area contributed by atoms with Crippen LogP contribution in [0.4, 0.5) is 0 Å². The molecule has 0 aromatic carbocycles. The third-order valence-corrected chi connectivity index (χ3v) is 5.33. The van der Waals surface area contributed by atoms with Crippen molar-refractivity contribution < 1.29 is 27.9 Å². The maximum atomic E-state index is 12.1. The lowest BCUT2D eigenvalue weighted by molar-refractivity contribution is -0.143. The van der Waals surface area contributed by atoms with Gasteiger partial charge in [-0.25, -0.2) is 17.5 Å². The summed E-state index contributed by atoms with van der Waals surface area (Å²) in [6.07, 6.45) is -0.0561. The Morgan fingerprint density at radius 2 is 2.10 bits per heavy atom. The van der Waals surface area contributed by atoms with Gasteiger partial charge in [0.05, 0.1) is 17.9 Å². The van der Waals surface area contributed by atoms with Crippen molar-refractivity contribution in [3.63, 3.8) is 0 Å². The molecule has 0 atom stereocenters. The van der Waals surface area contributed by atoms with E-state index >= 15 is 0 Å². The van der Waals surface area contributed by atoms with Gasteiger partial charge in [-0.1, -0.05) is 0 Å². The standard InChI is InChI=1S/C11H15NO6S2/c1-3-18-10(13)4-5-12(2)20(16,17)8-6-9(11(14)15)19-7-8/h6-7H,3-5H2,1-2H3,(H,14,15). The summed E-state index contributed by atoms with van der Waals surface area (Å²) in [5.74, 6) is -1.66. The number of esters is 1. The van der Waals surface area contributed by atoms with Crippen LogP contribution in [0.25, 0.3) is 0 Å². The van der Waals surface area contributed by atoms with E-state index in [9.17, 15) is 18.0 Å². The number of carboxylic acids is 1. The lowest BCUT2D eigenvalue weighted by Crippen LogP contribution is -2.29. The summed E-state index contributed by atoms with van der Waals surface area (Å²) in [6.45, 7) is 1.87. The highest BCUT2D eigenvalue weighted by atomic mass is 32.2. The molecule has 0 radical (unpaired) electrons. The third kappa shape index (κ3) is 4.02. The van der Waals surface area contributed by atoms with E-state index in [0.717, 1.165) is 21.7 Å². The fourth-order valence-corrected chi connectivity index (χ4v) is 3.62. The smallest absolute Gasteiger partial charge is 0.345 e. The van der Waals surface area contributed by atoms with E-state index in [1.807, 2.05) is 0 Å². The van der Waals surface area contributed by atoms with Crippen molar-refractivity contribution in [1.82, 2.24) is 4.31 Å². The van der Waals surface area contributed by atoms with Crippen molar-refractivity contribution in [2.75, 3.05) is 20.2 Å². The van der Waals surface area contributed by atoms with Crippen LogP contribution in [-0.4, -0.2) is 50.0 Å². The Kier molecular flexibility index (Phi) is 5.66. The second-order valence-corrected chi connectivity index (χ2v) is 6.79. The third-order valence-electron chi connectivity index (χ3n) is 2.43. The fraction of sp³-hybridized carbons (Fsp3) is 0.455. The predicted octanol–water partition coefficient (Wildman–Crippen LogP) is 1.02. The van der Waals surface area contributed by atoms with E-state index in [4.69, 9.17) is 9.84 Å². The molecule has 1 aromatic heterocycles. The molecule has 0 aliphatic heterocycles. The van der Waals surface area contributed by atoms with Crippen LogP contribution in [-0.2, 0) is 19.6 Å². The molecule has 1 aromatic rings. The van der Waals surface area contributed by atoms with Gasteiger partial charge < -0.3 is 9.84 Å². The van der Waals surface area contributed by atoms with Gasteiger partial charge in [0.2, 0.25) is 10.0 Å². The first-order valence-electron chi connectivity index (χ1n) is 5.72. The second kappa shape index (κ2) is 6.82. The van der Waals surface area contributed by atoms with Crippen LogP contribution in [0.5, 0.6) is 0 Å². The number of carbonyl (C=O) groups is 2. The zero-order valence-corrected chi connectivity index (χ0v) is 12.7. The summed E-state index contributed by atoms with van der Waals surface area (Å²) in [5, 5.41) is 10.0. The van der Waals surface area contributed by atoms with Crippen molar-refractivity contribution in [2.45, 2.75) is 18.2 Å². The molecule has 0 saturated heterocycles. The van der Waals surface area contributed by atoms with Crippen molar-refractivity contribution in [1.29, 1.82) is 0 Å². The molecule has 1 heterocycles. The number of ether oxygens (including phenoxy) is 1. The van der Waals surface area contributed by atoms with Gasteiger partial charge in [0.1, 0.15) is 4.88 Å². The number of rotatable bonds is 7. The number of nitrogens with zero attached hydrogens (tertiary/aromatic N) is 1. The molecule has 0 bridgehead atoms. The molecule has 1 N–H and O–H groups in total. The second-order valence-electron chi connectivity index (χ2n) is 3.83. The summed E-state index contributed by atoms with van der Waals surface area (Å²) in [4.78, 5) is 21.8. The lowest BCUT2D eigenvalue weighted by atomic mass is 10.4. The highest BCUT2D eigenvalue weighted by molar-refractivity contribution is 7.89. The predicted molar refractivity (Wildman–Crippen MR) is 72.3 cm³/mol. The summed E-state index contributed by atoms with van der Waals surface area (Å²) in [7, 11) is -2.46. The molecule has 20 heavy (non-hydrogen) atoms. The Balaban J connectivity index is 2.76.